The van der Waals surface area contributed by atoms with Crippen LogP contribution in [0, 0.1) is 0 Å². The Bertz CT molecular complexity index is 413. The Labute approximate surface area is 82.7 Å². The van der Waals surface area contributed by atoms with Crippen LogP contribution < -0.4 is 0 Å². The molecule has 0 aliphatic rings. The average Bonchev–Trinajstić information content (AvgIpc) is 2.62. The van der Waals surface area contributed by atoms with Crippen molar-refractivity contribution in [2.45, 2.75) is 0 Å². The summed E-state index contributed by atoms with van der Waals surface area (Å²) in [6, 6.07) is 5.24. The lowest BCUT2D eigenvalue weighted by Crippen LogP contribution is -1.78. The van der Waals surface area contributed by atoms with Crippen LogP contribution in [-0.2, 0) is 0 Å². The lowest BCUT2D eigenvalue weighted by atomic mass is 10.2. The fraction of sp³-hybridized carbons (Fsp3) is 0. The Morgan fingerprint density at radius 2 is 2.23 bits per heavy atom. The second-order valence-corrected chi connectivity index (χ2v) is 3.38. The van der Waals surface area contributed by atoms with Crippen LogP contribution in [0.15, 0.2) is 28.9 Å². The van der Waals surface area contributed by atoms with Crippen LogP contribution in [0.4, 0.5) is 0 Å². The number of halogens is 1. The third-order valence-electron chi connectivity index (χ3n) is 1.66. The molecule has 0 aliphatic carbocycles. The molecule has 13 heavy (non-hydrogen) atoms. The minimum absolute atomic E-state index is 0.195. The summed E-state index contributed by atoms with van der Waals surface area (Å²) in [5, 5.41) is 19.4. The lowest BCUT2D eigenvalue weighted by Gasteiger charge is -1.98. The van der Waals surface area contributed by atoms with Crippen LogP contribution >= 0.6 is 15.9 Å². The molecule has 0 spiro atoms. The molecule has 4 nitrogen and oxygen atoms in total. The molecule has 0 bridgehead atoms. The summed E-state index contributed by atoms with van der Waals surface area (Å²) in [6.45, 7) is 0. The van der Waals surface area contributed by atoms with E-state index in [0.717, 1.165) is 5.56 Å². The predicted octanol–water partition coefficient (Wildman–Crippen LogP) is 1.94. The largest absolute Gasteiger partial charge is 0.507 e. The van der Waals surface area contributed by atoms with Crippen LogP contribution in [0.2, 0.25) is 0 Å². The maximum absolute atomic E-state index is 9.39. The molecule has 0 aliphatic heterocycles. The Morgan fingerprint density at radius 1 is 1.38 bits per heavy atom. The van der Waals surface area contributed by atoms with Crippen LogP contribution in [0.3, 0.4) is 0 Å². The molecule has 0 fully saturated rings. The number of rotatable bonds is 1. The van der Waals surface area contributed by atoms with E-state index >= 15 is 0 Å². The Morgan fingerprint density at radius 3 is 2.85 bits per heavy atom. The molecule has 1 aromatic carbocycles. The van der Waals surface area contributed by atoms with Gasteiger partial charge in [-0.25, -0.2) is 0 Å². The second kappa shape index (κ2) is 3.18. The van der Waals surface area contributed by atoms with Gasteiger partial charge in [0.15, 0.2) is 0 Å². The first kappa shape index (κ1) is 8.25. The monoisotopic (exact) mass is 239 g/mol. The third kappa shape index (κ3) is 1.55. The van der Waals surface area contributed by atoms with E-state index in [1.807, 2.05) is 6.07 Å². The SMILES string of the molecule is Oc1cc(-c2c[nH]nn2)ccc1Br. The molecule has 0 saturated heterocycles. The maximum Gasteiger partial charge on any atom is 0.130 e. The fourth-order valence-electron chi connectivity index (χ4n) is 1.01. The highest BCUT2D eigenvalue weighted by atomic mass is 79.9. The highest BCUT2D eigenvalue weighted by Crippen LogP contribution is 2.28. The van der Waals surface area contributed by atoms with Crippen molar-refractivity contribution in [1.82, 2.24) is 15.4 Å². The molecule has 0 unspecified atom stereocenters. The molecule has 66 valence electrons. The normalized spacial score (nSPS) is 10.2. The van der Waals surface area contributed by atoms with Gasteiger partial charge in [0, 0.05) is 11.8 Å². The van der Waals surface area contributed by atoms with E-state index < -0.39 is 0 Å². The number of benzene rings is 1. The summed E-state index contributed by atoms with van der Waals surface area (Å²) < 4.78 is 0.666. The molecule has 1 aromatic heterocycles. The van der Waals surface area contributed by atoms with E-state index in [9.17, 15) is 5.11 Å². The second-order valence-electron chi connectivity index (χ2n) is 2.52. The van der Waals surface area contributed by atoms with Gasteiger partial charge in [-0.2, -0.15) is 0 Å². The van der Waals surface area contributed by atoms with Gasteiger partial charge in [0.1, 0.15) is 11.4 Å². The van der Waals surface area contributed by atoms with E-state index in [2.05, 4.69) is 31.3 Å². The first-order chi connectivity index (χ1) is 6.27. The van der Waals surface area contributed by atoms with Gasteiger partial charge < -0.3 is 5.11 Å². The van der Waals surface area contributed by atoms with Gasteiger partial charge in [-0.15, -0.1) is 5.10 Å². The third-order valence-corrected chi connectivity index (χ3v) is 2.33. The fourth-order valence-corrected chi connectivity index (χ4v) is 1.26. The molecule has 0 amide bonds. The van der Waals surface area contributed by atoms with E-state index in [0.29, 0.717) is 10.2 Å². The first-order valence-corrected chi connectivity index (χ1v) is 4.42. The summed E-state index contributed by atoms with van der Waals surface area (Å²) in [5.74, 6) is 0.195. The molecule has 0 atom stereocenters. The highest BCUT2D eigenvalue weighted by molar-refractivity contribution is 9.10. The minimum Gasteiger partial charge on any atom is -0.507 e. The van der Waals surface area contributed by atoms with Crippen molar-refractivity contribution in [2.24, 2.45) is 0 Å². The number of phenolic OH excluding ortho intramolecular Hbond substituents is 1. The molecule has 1 heterocycles. The van der Waals surface area contributed by atoms with Crippen molar-refractivity contribution in [1.29, 1.82) is 0 Å². The quantitative estimate of drug-likeness (QED) is 0.800. The number of hydrogen-bond acceptors (Lipinski definition) is 3. The number of aromatic hydroxyl groups is 1. The number of nitrogens with zero attached hydrogens (tertiary/aromatic N) is 2. The zero-order valence-corrected chi connectivity index (χ0v) is 8.12. The average molecular weight is 240 g/mol. The topological polar surface area (TPSA) is 61.8 Å². The number of H-pyrrole nitrogens is 1. The highest BCUT2D eigenvalue weighted by Gasteiger charge is 2.03. The molecule has 0 saturated carbocycles. The Hall–Kier alpha value is -1.36. The van der Waals surface area contributed by atoms with E-state index in [1.165, 1.54) is 0 Å². The smallest absolute Gasteiger partial charge is 0.130 e. The molecule has 2 rings (SSSR count). The van der Waals surface area contributed by atoms with E-state index in [-0.39, 0.29) is 5.75 Å². The standard InChI is InChI=1S/C8H6BrN3O/c9-6-2-1-5(3-8(6)13)7-4-10-12-11-7/h1-4,13H,(H,10,11,12). The van der Waals surface area contributed by atoms with Crippen LogP contribution in [0.25, 0.3) is 11.3 Å². The zero-order valence-electron chi connectivity index (χ0n) is 6.53. The van der Waals surface area contributed by atoms with Gasteiger partial charge >= 0.3 is 0 Å². The maximum atomic E-state index is 9.39. The van der Waals surface area contributed by atoms with Crippen molar-refractivity contribution in [3.05, 3.63) is 28.9 Å². The van der Waals surface area contributed by atoms with Gasteiger partial charge in [0.2, 0.25) is 0 Å². The summed E-state index contributed by atoms with van der Waals surface area (Å²) in [7, 11) is 0. The van der Waals surface area contributed by atoms with Crippen molar-refractivity contribution in [3.8, 4) is 17.0 Å². The Kier molecular flexibility index (Phi) is 2.02. The molecule has 2 N–H and O–H groups in total. The number of hydrogen-bond donors (Lipinski definition) is 2. The summed E-state index contributed by atoms with van der Waals surface area (Å²) in [6.07, 6.45) is 1.67. The molecule has 2 aromatic rings. The van der Waals surface area contributed by atoms with Gasteiger partial charge in [0.25, 0.3) is 0 Å². The summed E-state index contributed by atoms with van der Waals surface area (Å²) >= 11 is 3.20. The predicted molar refractivity (Wildman–Crippen MR) is 51.2 cm³/mol. The van der Waals surface area contributed by atoms with Crippen molar-refractivity contribution < 1.29 is 5.11 Å². The van der Waals surface area contributed by atoms with E-state index in [4.69, 9.17) is 0 Å². The van der Waals surface area contributed by atoms with Crippen molar-refractivity contribution in [2.75, 3.05) is 0 Å². The van der Waals surface area contributed by atoms with Crippen LogP contribution in [0.1, 0.15) is 0 Å². The minimum atomic E-state index is 0.195. The van der Waals surface area contributed by atoms with Gasteiger partial charge in [-0.05, 0) is 28.1 Å². The van der Waals surface area contributed by atoms with Crippen LogP contribution in [-0.4, -0.2) is 20.5 Å². The number of nitrogens with one attached hydrogen (secondary N) is 1. The van der Waals surface area contributed by atoms with Crippen molar-refractivity contribution in [3.63, 3.8) is 0 Å². The van der Waals surface area contributed by atoms with Gasteiger partial charge in [-0.3, -0.25) is 5.10 Å². The van der Waals surface area contributed by atoms with Crippen molar-refractivity contribution >= 4 is 15.9 Å². The van der Waals surface area contributed by atoms with Gasteiger partial charge in [-0.1, -0.05) is 11.3 Å². The first-order valence-electron chi connectivity index (χ1n) is 3.63. The molecular formula is C8H6BrN3O. The van der Waals surface area contributed by atoms with E-state index in [1.54, 1.807) is 18.3 Å². The van der Waals surface area contributed by atoms with Gasteiger partial charge in [0.05, 0.1) is 4.47 Å². The Balaban J connectivity index is 2.49. The van der Waals surface area contributed by atoms with Crippen LogP contribution in [0.5, 0.6) is 5.75 Å². The number of phenols is 1. The lowest BCUT2D eigenvalue weighted by molar-refractivity contribution is 0.472. The number of aromatic nitrogens is 3. The summed E-state index contributed by atoms with van der Waals surface area (Å²) in [4.78, 5) is 0. The summed E-state index contributed by atoms with van der Waals surface area (Å²) in [5.41, 5.74) is 1.54. The number of aromatic amines is 1. The molecule has 5 heteroatoms. The molecular weight excluding hydrogens is 234 g/mol. The molecule has 0 radical (unpaired) electrons. The zero-order chi connectivity index (χ0) is 9.26.